The van der Waals surface area contributed by atoms with Gasteiger partial charge in [0.05, 0.1) is 18.8 Å². The number of nitrogens with zero attached hydrogens (tertiary/aromatic N) is 1. The van der Waals surface area contributed by atoms with Crippen LogP contribution in [0.3, 0.4) is 0 Å². The molecule has 1 aliphatic carbocycles. The zero-order valence-electron chi connectivity index (χ0n) is 12.7. The van der Waals surface area contributed by atoms with Crippen LogP contribution in [0.15, 0.2) is 0 Å². The van der Waals surface area contributed by atoms with E-state index in [0.717, 1.165) is 32.7 Å². The standard InChI is InChI=1S/C15H28N2O2/c1-10-8-19-11(2)7-17(10)9-15(16)12-5-6-18-13(12)14(15,3)4/h10-13H,5-9,16H2,1-4H3. The van der Waals surface area contributed by atoms with Crippen molar-refractivity contribution < 1.29 is 9.47 Å². The highest BCUT2D eigenvalue weighted by Crippen LogP contribution is 2.58. The van der Waals surface area contributed by atoms with Crippen LogP contribution in [0.2, 0.25) is 0 Å². The van der Waals surface area contributed by atoms with Crippen molar-refractivity contribution in [1.82, 2.24) is 4.90 Å². The Kier molecular flexibility index (Phi) is 3.21. The van der Waals surface area contributed by atoms with Crippen molar-refractivity contribution >= 4 is 0 Å². The first-order valence-electron chi connectivity index (χ1n) is 7.62. The van der Waals surface area contributed by atoms with E-state index in [1.165, 1.54) is 0 Å². The first kappa shape index (κ1) is 13.8. The third kappa shape index (κ3) is 1.88. The van der Waals surface area contributed by atoms with E-state index in [4.69, 9.17) is 15.2 Å². The molecule has 2 saturated heterocycles. The fourth-order valence-corrected chi connectivity index (χ4v) is 4.32. The maximum absolute atomic E-state index is 6.84. The largest absolute Gasteiger partial charge is 0.377 e. The third-order valence-electron chi connectivity index (χ3n) is 5.87. The Hall–Kier alpha value is -0.160. The molecule has 3 fully saturated rings. The van der Waals surface area contributed by atoms with Crippen molar-refractivity contribution in [2.75, 3.05) is 26.3 Å². The van der Waals surface area contributed by atoms with E-state index in [1.54, 1.807) is 0 Å². The van der Waals surface area contributed by atoms with Gasteiger partial charge in [0, 0.05) is 42.6 Å². The predicted octanol–water partition coefficient (Wildman–Crippen LogP) is 1.24. The summed E-state index contributed by atoms with van der Waals surface area (Å²) in [6.07, 6.45) is 1.81. The second-order valence-electron chi connectivity index (χ2n) is 7.37. The molecule has 5 unspecified atom stereocenters. The second kappa shape index (κ2) is 4.42. The summed E-state index contributed by atoms with van der Waals surface area (Å²) >= 11 is 0. The summed E-state index contributed by atoms with van der Waals surface area (Å²) in [4.78, 5) is 2.52. The molecule has 1 saturated carbocycles. The average molecular weight is 268 g/mol. The smallest absolute Gasteiger partial charge is 0.0691 e. The lowest BCUT2D eigenvalue weighted by Gasteiger charge is -2.64. The number of ether oxygens (including phenoxy) is 2. The molecular formula is C15H28N2O2. The summed E-state index contributed by atoms with van der Waals surface area (Å²) in [5.41, 5.74) is 6.81. The first-order chi connectivity index (χ1) is 8.86. The van der Waals surface area contributed by atoms with E-state index in [1.807, 2.05) is 0 Å². The number of rotatable bonds is 2. The molecule has 0 aromatic heterocycles. The van der Waals surface area contributed by atoms with Gasteiger partial charge in [0.25, 0.3) is 0 Å². The fourth-order valence-electron chi connectivity index (χ4n) is 4.32. The zero-order valence-corrected chi connectivity index (χ0v) is 12.7. The van der Waals surface area contributed by atoms with Gasteiger partial charge in [0.2, 0.25) is 0 Å². The van der Waals surface area contributed by atoms with Crippen LogP contribution in [0.25, 0.3) is 0 Å². The molecule has 4 heteroatoms. The first-order valence-corrected chi connectivity index (χ1v) is 7.62. The van der Waals surface area contributed by atoms with Gasteiger partial charge in [-0.25, -0.2) is 0 Å². The van der Waals surface area contributed by atoms with E-state index in [-0.39, 0.29) is 11.0 Å². The molecule has 3 rings (SSSR count). The minimum absolute atomic E-state index is 0.0788. The fraction of sp³-hybridized carbons (Fsp3) is 1.00. The normalized spacial score (nSPS) is 49.7. The van der Waals surface area contributed by atoms with E-state index >= 15 is 0 Å². The van der Waals surface area contributed by atoms with Crippen LogP contribution in [0.5, 0.6) is 0 Å². The highest BCUT2D eigenvalue weighted by atomic mass is 16.5. The van der Waals surface area contributed by atoms with Crippen molar-refractivity contribution in [1.29, 1.82) is 0 Å². The predicted molar refractivity (Wildman–Crippen MR) is 75.0 cm³/mol. The Morgan fingerprint density at radius 3 is 2.74 bits per heavy atom. The Morgan fingerprint density at radius 2 is 2.00 bits per heavy atom. The maximum atomic E-state index is 6.84. The molecule has 0 bridgehead atoms. The number of fused-ring (bicyclic) bond motifs is 1. The minimum atomic E-state index is -0.112. The van der Waals surface area contributed by atoms with E-state index in [2.05, 4.69) is 32.6 Å². The van der Waals surface area contributed by atoms with Gasteiger partial charge in [0.15, 0.2) is 0 Å². The summed E-state index contributed by atoms with van der Waals surface area (Å²) in [6.45, 7) is 12.6. The van der Waals surface area contributed by atoms with Gasteiger partial charge in [-0.3, -0.25) is 4.90 Å². The molecule has 2 aliphatic heterocycles. The van der Waals surface area contributed by atoms with E-state index in [9.17, 15) is 0 Å². The summed E-state index contributed by atoms with van der Waals surface area (Å²) < 4.78 is 11.6. The third-order valence-corrected chi connectivity index (χ3v) is 5.87. The average Bonchev–Trinajstić information content (AvgIpc) is 2.82. The summed E-state index contributed by atoms with van der Waals surface area (Å²) in [5.74, 6) is 0.535. The molecule has 0 aromatic rings. The molecule has 2 heterocycles. The quantitative estimate of drug-likeness (QED) is 0.818. The number of nitrogens with two attached hydrogens (primary N) is 1. The van der Waals surface area contributed by atoms with Crippen LogP contribution in [0.1, 0.15) is 34.1 Å². The minimum Gasteiger partial charge on any atom is -0.377 e. The van der Waals surface area contributed by atoms with Crippen LogP contribution in [-0.4, -0.2) is 55.0 Å². The van der Waals surface area contributed by atoms with Crippen LogP contribution in [0, 0.1) is 11.3 Å². The molecule has 0 spiro atoms. The lowest BCUT2D eigenvalue weighted by Crippen LogP contribution is -2.78. The summed E-state index contributed by atoms with van der Waals surface area (Å²) in [5, 5.41) is 0. The van der Waals surface area contributed by atoms with Gasteiger partial charge in [-0.2, -0.15) is 0 Å². The molecule has 110 valence electrons. The number of hydrogen-bond acceptors (Lipinski definition) is 4. The van der Waals surface area contributed by atoms with Crippen molar-refractivity contribution in [3.63, 3.8) is 0 Å². The number of hydrogen-bond donors (Lipinski definition) is 1. The Morgan fingerprint density at radius 1 is 1.26 bits per heavy atom. The monoisotopic (exact) mass is 268 g/mol. The highest BCUT2D eigenvalue weighted by molar-refractivity contribution is 5.21. The molecule has 0 aromatic carbocycles. The van der Waals surface area contributed by atoms with E-state index < -0.39 is 0 Å². The molecule has 5 atom stereocenters. The molecule has 0 radical (unpaired) electrons. The van der Waals surface area contributed by atoms with Gasteiger partial charge in [0.1, 0.15) is 0 Å². The van der Waals surface area contributed by atoms with Crippen LogP contribution < -0.4 is 5.73 Å². The molecule has 3 aliphatic rings. The lowest BCUT2D eigenvalue weighted by atomic mass is 9.48. The highest BCUT2D eigenvalue weighted by Gasteiger charge is 2.67. The summed E-state index contributed by atoms with van der Waals surface area (Å²) in [6, 6.07) is 0.466. The number of morpholine rings is 1. The van der Waals surface area contributed by atoms with Crippen molar-refractivity contribution in [3.05, 3.63) is 0 Å². The van der Waals surface area contributed by atoms with Gasteiger partial charge in [-0.15, -0.1) is 0 Å². The molecule has 2 N–H and O–H groups in total. The van der Waals surface area contributed by atoms with Crippen LogP contribution >= 0.6 is 0 Å². The van der Waals surface area contributed by atoms with Crippen molar-refractivity contribution in [2.45, 2.75) is 57.9 Å². The van der Waals surface area contributed by atoms with Gasteiger partial charge < -0.3 is 15.2 Å². The maximum Gasteiger partial charge on any atom is 0.0691 e. The SMILES string of the molecule is CC1CN(CC2(N)C3CCOC3C2(C)C)C(C)CO1. The second-order valence-corrected chi connectivity index (χ2v) is 7.37. The van der Waals surface area contributed by atoms with Crippen molar-refractivity contribution in [2.24, 2.45) is 17.1 Å². The molecule has 4 nitrogen and oxygen atoms in total. The molecular weight excluding hydrogens is 240 g/mol. The van der Waals surface area contributed by atoms with E-state index in [0.29, 0.717) is 24.2 Å². The Labute approximate surface area is 116 Å². The van der Waals surface area contributed by atoms with Gasteiger partial charge in [-0.1, -0.05) is 13.8 Å². The van der Waals surface area contributed by atoms with Gasteiger partial charge >= 0.3 is 0 Å². The van der Waals surface area contributed by atoms with Gasteiger partial charge in [-0.05, 0) is 20.3 Å². The summed E-state index contributed by atoms with van der Waals surface area (Å²) in [7, 11) is 0. The topological polar surface area (TPSA) is 47.7 Å². The molecule has 0 amide bonds. The van der Waals surface area contributed by atoms with Crippen molar-refractivity contribution in [3.8, 4) is 0 Å². The Balaban J connectivity index is 1.74. The lowest BCUT2D eigenvalue weighted by molar-refractivity contribution is -0.173. The zero-order chi connectivity index (χ0) is 13.8. The van der Waals surface area contributed by atoms with Crippen LogP contribution in [0.4, 0.5) is 0 Å². The molecule has 19 heavy (non-hydrogen) atoms. The Bertz CT molecular complexity index is 360. The van der Waals surface area contributed by atoms with Crippen LogP contribution in [-0.2, 0) is 9.47 Å².